The molecule has 4 rings (SSSR count). The third-order valence-electron chi connectivity index (χ3n) is 6.77. The Morgan fingerprint density at radius 3 is 1.85 bits per heavy atom. The molecule has 1 fully saturated rings. The predicted octanol–water partition coefficient (Wildman–Crippen LogP) is 6.29. The number of piperidine rings is 1. The topological polar surface area (TPSA) is 64.3 Å². The van der Waals surface area contributed by atoms with Gasteiger partial charge in [0.25, 0.3) is 0 Å². The Kier molecular flexibility index (Phi) is 7.17. The average Bonchev–Trinajstić information content (AvgIpc) is 2.87. The molecular weight excluding hydrogens is 428 g/mol. The molecule has 1 N–H and O–H groups in total. The summed E-state index contributed by atoms with van der Waals surface area (Å²) in [5.41, 5.74) is 2.38. The van der Waals surface area contributed by atoms with E-state index in [2.05, 4.69) is 11.0 Å². The summed E-state index contributed by atoms with van der Waals surface area (Å²) in [6.07, 6.45) is 2.22. The lowest BCUT2D eigenvalue weighted by Crippen LogP contribution is -2.43. The molecule has 5 heteroatoms. The van der Waals surface area contributed by atoms with Gasteiger partial charge in [-0.3, -0.25) is 0 Å². The molecule has 168 valence electrons. The van der Waals surface area contributed by atoms with E-state index in [9.17, 15) is 15.2 Å². The molecule has 0 aromatic heterocycles. The molecule has 33 heavy (non-hydrogen) atoms. The third-order valence-corrected chi connectivity index (χ3v) is 7.98. The van der Waals surface area contributed by atoms with Crippen LogP contribution in [0.4, 0.5) is 4.79 Å². The van der Waals surface area contributed by atoms with E-state index >= 15 is 0 Å². The zero-order valence-corrected chi connectivity index (χ0v) is 19.4. The first-order chi connectivity index (χ1) is 16.1. The minimum absolute atomic E-state index is 0.408. The van der Waals surface area contributed by atoms with Crippen LogP contribution in [-0.4, -0.2) is 34.9 Å². The largest absolute Gasteiger partial charge is 0.473 e. The van der Waals surface area contributed by atoms with Crippen LogP contribution >= 0.6 is 11.8 Å². The van der Waals surface area contributed by atoms with Gasteiger partial charge in [-0.2, -0.15) is 5.26 Å². The number of hydrogen-bond acceptors (Lipinski definition) is 4. The van der Waals surface area contributed by atoms with E-state index in [-0.39, 0.29) is 0 Å². The number of nitrogens with zero attached hydrogens (tertiary/aromatic N) is 2. The fourth-order valence-corrected chi connectivity index (χ4v) is 5.88. The zero-order chi connectivity index (χ0) is 23.2. The third kappa shape index (κ3) is 4.98. The molecule has 0 aliphatic carbocycles. The van der Waals surface area contributed by atoms with Crippen LogP contribution in [0.5, 0.6) is 0 Å². The summed E-state index contributed by atoms with van der Waals surface area (Å²) in [6, 6.07) is 32.7. The maximum atomic E-state index is 11.7. The standard InChI is InChI=1S/C28H28N2O2S/c29-22-27(23-10-4-1-5-11-23,24-12-6-2-7-13-24)16-19-30-20-17-28(18-21-30,33-26(31)32)25-14-8-3-9-15-25/h1-15H,16-21H2,(H,31,32). The molecule has 0 radical (unpaired) electrons. The molecule has 0 atom stereocenters. The van der Waals surface area contributed by atoms with Crippen LogP contribution in [0.25, 0.3) is 0 Å². The molecule has 0 amide bonds. The smallest absolute Gasteiger partial charge is 0.365 e. The second kappa shape index (κ2) is 10.2. The van der Waals surface area contributed by atoms with Crippen LogP contribution in [0, 0.1) is 11.3 Å². The van der Waals surface area contributed by atoms with Gasteiger partial charge in [0.15, 0.2) is 0 Å². The van der Waals surface area contributed by atoms with Crippen molar-refractivity contribution in [1.82, 2.24) is 4.90 Å². The van der Waals surface area contributed by atoms with Crippen LogP contribution in [0.2, 0.25) is 0 Å². The number of hydrogen-bond donors (Lipinski definition) is 1. The summed E-state index contributed by atoms with van der Waals surface area (Å²) < 4.78 is -0.408. The highest BCUT2D eigenvalue weighted by atomic mass is 32.2. The van der Waals surface area contributed by atoms with E-state index in [1.165, 1.54) is 0 Å². The van der Waals surface area contributed by atoms with Gasteiger partial charge in [0, 0.05) is 6.54 Å². The van der Waals surface area contributed by atoms with Crippen molar-refractivity contribution < 1.29 is 9.90 Å². The van der Waals surface area contributed by atoms with Gasteiger partial charge in [0.1, 0.15) is 5.41 Å². The average molecular weight is 457 g/mol. The molecule has 3 aromatic rings. The van der Waals surface area contributed by atoms with Crippen molar-refractivity contribution in [2.75, 3.05) is 19.6 Å². The van der Waals surface area contributed by atoms with Crippen molar-refractivity contribution in [3.63, 3.8) is 0 Å². The number of rotatable bonds is 7. The summed E-state index contributed by atoms with van der Waals surface area (Å²) in [7, 11) is 0. The number of nitriles is 1. The van der Waals surface area contributed by atoms with Crippen molar-refractivity contribution in [3.8, 4) is 6.07 Å². The molecule has 1 aliphatic heterocycles. The van der Waals surface area contributed by atoms with Gasteiger partial charge in [-0.25, -0.2) is 4.79 Å². The first kappa shape index (κ1) is 23.1. The van der Waals surface area contributed by atoms with E-state index in [0.717, 1.165) is 60.9 Å². The van der Waals surface area contributed by atoms with Gasteiger partial charge in [0.2, 0.25) is 0 Å². The van der Waals surface area contributed by atoms with E-state index in [0.29, 0.717) is 6.42 Å². The molecule has 1 heterocycles. The van der Waals surface area contributed by atoms with Crippen molar-refractivity contribution >= 4 is 17.1 Å². The molecule has 0 spiro atoms. The maximum Gasteiger partial charge on any atom is 0.365 e. The number of benzene rings is 3. The van der Waals surface area contributed by atoms with Gasteiger partial charge in [0.05, 0.1) is 10.8 Å². The first-order valence-corrected chi connectivity index (χ1v) is 12.1. The molecule has 1 saturated heterocycles. The Hall–Kier alpha value is -3.07. The van der Waals surface area contributed by atoms with Crippen LogP contribution in [0.1, 0.15) is 36.0 Å². The van der Waals surface area contributed by atoms with Crippen LogP contribution < -0.4 is 0 Å². The SMILES string of the molecule is N#CC(CCN1CCC(SC(=O)O)(c2ccccc2)CC1)(c1ccccc1)c1ccccc1. The minimum Gasteiger partial charge on any atom is -0.473 e. The van der Waals surface area contributed by atoms with Crippen LogP contribution in [-0.2, 0) is 10.2 Å². The van der Waals surface area contributed by atoms with Gasteiger partial charge < -0.3 is 10.0 Å². The molecule has 1 aliphatic rings. The lowest BCUT2D eigenvalue weighted by molar-refractivity contribution is 0.190. The fraction of sp³-hybridized carbons (Fsp3) is 0.286. The summed E-state index contributed by atoms with van der Waals surface area (Å²) in [5.74, 6) is 0. The Morgan fingerprint density at radius 1 is 0.909 bits per heavy atom. The Morgan fingerprint density at radius 2 is 1.39 bits per heavy atom. The summed E-state index contributed by atoms with van der Waals surface area (Å²) in [5, 5.41) is 19.1. The summed E-state index contributed by atoms with van der Waals surface area (Å²) in [4.78, 5) is 14.0. The molecule has 0 saturated carbocycles. The van der Waals surface area contributed by atoms with Crippen LogP contribution in [0.15, 0.2) is 91.0 Å². The van der Waals surface area contributed by atoms with E-state index in [4.69, 9.17) is 0 Å². The van der Waals surface area contributed by atoms with E-state index < -0.39 is 15.5 Å². The maximum absolute atomic E-state index is 11.7. The lowest BCUT2D eigenvalue weighted by Gasteiger charge is -2.41. The van der Waals surface area contributed by atoms with Crippen molar-refractivity contribution in [2.24, 2.45) is 0 Å². The number of likely N-dealkylation sites (tertiary alicyclic amines) is 1. The molecule has 3 aromatic carbocycles. The number of thioether (sulfide) groups is 1. The lowest BCUT2D eigenvalue weighted by atomic mass is 9.73. The molecule has 0 unspecified atom stereocenters. The Bertz CT molecular complexity index is 1050. The van der Waals surface area contributed by atoms with Gasteiger partial charge in [-0.15, -0.1) is 0 Å². The minimum atomic E-state index is -0.830. The fourth-order valence-electron chi connectivity index (χ4n) is 4.91. The van der Waals surface area contributed by atoms with Gasteiger partial charge >= 0.3 is 5.30 Å². The normalized spacial score (nSPS) is 16.1. The van der Waals surface area contributed by atoms with Crippen molar-refractivity contribution in [1.29, 1.82) is 5.26 Å². The predicted molar refractivity (Wildman–Crippen MR) is 133 cm³/mol. The molecular formula is C28H28N2O2S. The highest BCUT2D eigenvalue weighted by molar-refractivity contribution is 8.14. The molecule has 4 nitrogen and oxygen atoms in total. The van der Waals surface area contributed by atoms with Crippen molar-refractivity contribution in [3.05, 3.63) is 108 Å². The second-order valence-electron chi connectivity index (χ2n) is 8.57. The highest BCUT2D eigenvalue weighted by Gasteiger charge is 2.40. The quantitative estimate of drug-likeness (QED) is 0.453. The first-order valence-electron chi connectivity index (χ1n) is 11.3. The summed E-state index contributed by atoms with van der Waals surface area (Å²) in [6.45, 7) is 2.39. The number of carbonyl (C=O) groups is 1. The van der Waals surface area contributed by atoms with Gasteiger partial charge in [-0.05, 0) is 60.8 Å². The Labute approximate surface area is 199 Å². The number of carboxylic acid groups (broad SMARTS) is 1. The zero-order valence-electron chi connectivity index (χ0n) is 18.6. The second-order valence-corrected chi connectivity index (χ2v) is 9.90. The monoisotopic (exact) mass is 456 g/mol. The Balaban J connectivity index is 1.52. The van der Waals surface area contributed by atoms with E-state index in [1.807, 2.05) is 91.0 Å². The molecule has 0 bridgehead atoms. The van der Waals surface area contributed by atoms with Crippen molar-refractivity contribution in [2.45, 2.75) is 29.4 Å². The highest BCUT2D eigenvalue weighted by Crippen LogP contribution is 2.46. The van der Waals surface area contributed by atoms with Gasteiger partial charge in [-0.1, -0.05) is 91.0 Å². The summed E-state index contributed by atoms with van der Waals surface area (Å²) >= 11 is 1.04. The van der Waals surface area contributed by atoms with E-state index in [1.54, 1.807) is 0 Å². The van der Waals surface area contributed by atoms with Crippen LogP contribution in [0.3, 0.4) is 0 Å².